The molecule has 0 radical (unpaired) electrons. The topological polar surface area (TPSA) is 61.3 Å². The average molecular weight is 248 g/mol. The summed E-state index contributed by atoms with van der Waals surface area (Å²) in [6, 6.07) is 1.86. The smallest absolute Gasteiger partial charge is 0.149 e. The Morgan fingerprint density at radius 3 is 3.06 bits per heavy atom. The maximum absolute atomic E-state index is 9.36. The third-order valence-electron chi connectivity index (χ3n) is 4.27. The number of hydrogen-bond donors (Lipinski definition) is 2. The van der Waals surface area contributed by atoms with Gasteiger partial charge in [-0.2, -0.15) is 0 Å². The number of nitrogens with one attached hydrogen (secondary N) is 1. The third kappa shape index (κ3) is 1.92. The molecule has 0 spiro atoms. The fraction of sp³-hybridized carbons (Fsp3) is 0.692. The molecule has 2 unspecified atom stereocenters. The standard InChI is InChI=1S/C13H20N4O/c18-9-11-2-3-13(12-15-4-1-5-16-12)10-14-6-7-17(13)8-11/h1,4-5,11,14,18H,2-3,6-10H2. The zero-order chi connectivity index (χ0) is 12.4. The van der Waals surface area contributed by atoms with Crippen LogP contribution in [0.5, 0.6) is 0 Å². The highest BCUT2D eigenvalue weighted by atomic mass is 16.3. The fourth-order valence-corrected chi connectivity index (χ4v) is 3.21. The lowest BCUT2D eigenvalue weighted by Gasteiger charge is -2.51. The van der Waals surface area contributed by atoms with Crippen molar-refractivity contribution in [2.24, 2.45) is 5.92 Å². The molecule has 0 saturated carbocycles. The summed E-state index contributed by atoms with van der Waals surface area (Å²) in [5.41, 5.74) is -0.0643. The van der Waals surface area contributed by atoms with E-state index in [0.717, 1.165) is 44.8 Å². The number of fused-ring (bicyclic) bond motifs is 1. The number of aliphatic hydroxyl groups excluding tert-OH is 1. The van der Waals surface area contributed by atoms with Gasteiger partial charge in [0.1, 0.15) is 5.82 Å². The number of piperazine rings is 1. The van der Waals surface area contributed by atoms with Crippen molar-refractivity contribution in [1.82, 2.24) is 20.2 Å². The first-order valence-corrected chi connectivity index (χ1v) is 6.69. The van der Waals surface area contributed by atoms with Gasteiger partial charge in [-0.05, 0) is 24.8 Å². The van der Waals surface area contributed by atoms with Gasteiger partial charge in [0.15, 0.2) is 0 Å². The van der Waals surface area contributed by atoms with Crippen molar-refractivity contribution in [3.05, 3.63) is 24.3 Å². The minimum Gasteiger partial charge on any atom is -0.396 e. The van der Waals surface area contributed by atoms with Gasteiger partial charge in [-0.15, -0.1) is 0 Å². The first kappa shape index (κ1) is 12.0. The molecule has 1 aromatic heterocycles. The van der Waals surface area contributed by atoms with Crippen LogP contribution in [0.25, 0.3) is 0 Å². The van der Waals surface area contributed by atoms with Gasteiger partial charge in [-0.3, -0.25) is 4.90 Å². The van der Waals surface area contributed by atoms with E-state index in [0.29, 0.717) is 5.92 Å². The van der Waals surface area contributed by atoms with E-state index in [2.05, 4.69) is 20.2 Å². The van der Waals surface area contributed by atoms with E-state index in [-0.39, 0.29) is 12.1 Å². The van der Waals surface area contributed by atoms with Crippen LogP contribution in [0.15, 0.2) is 18.5 Å². The van der Waals surface area contributed by atoms with Gasteiger partial charge in [-0.25, -0.2) is 9.97 Å². The van der Waals surface area contributed by atoms with Crippen molar-refractivity contribution in [2.45, 2.75) is 18.4 Å². The van der Waals surface area contributed by atoms with E-state index in [4.69, 9.17) is 0 Å². The molecule has 3 rings (SSSR count). The van der Waals surface area contributed by atoms with Crippen molar-refractivity contribution < 1.29 is 5.11 Å². The van der Waals surface area contributed by atoms with Crippen LogP contribution in [0, 0.1) is 5.92 Å². The Hall–Kier alpha value is -1.04. The molecule has 0 aromatic carbocycles. The molecule has 0 amide bonds. The summed E-state index contributed by atoms with van der Waals surface area (Å²) in [6.45, 7) is 4.17. The molecule has 5 heteroatoms. The number of aliphatic hydroxyl groups is 1. The summed E-state index contributed by atoms with van der Waals surface area (Å²) < 4.78 is 0. The zero-order valence-corrected chi connectivity index (χ0v) is 10.5. The van der Waals surface area contributed by atoms with Crippen molar-refractivity contribution in [3.63, 3.8) is 0 Å². The second kappa shape index (κ2) is 4.91. The van der Waals surface area contributed by atoms with Crippen LogP contribution < -0.4 is 5.32 Å². The molecule has 0 aliphatic carbocycles. The van der Waals surface area contributed by atoms with Crippen molar-refractivity contribution >= 4 is 0 Å². The lowest BCUT2D eigenvalue weighted by molar-refractivity contribution is -0.0217. The highest BCUT2D eigenvalue weighted by Gasteiger charge is 2.46. The molecular formula is C13H20N4O. The van der Waals surface area contributed by atoms with Crippen molar-refractivity contribution in [1.29, 1.82) is 0 Å². The molecular weight excluding hydrogens is 228 g/mol. The summed E-state index contributed by atoms with van der Waals surface area (Å²) in [7, 11) is 0. The third-order valence-corrected chi connectivity index (χ3v) is 4.27. The van der Waals surface area contributed by atoms with Crippen LogP contribution in [0.1, 0.15) is 18.7 Å². The normalized spacial score (nSPS) is 33.1. The predicted molar refractivity (Wildman–Crippen MR) is 68.0 cm³/mol. The van der Waals surface area contributed by atoms with E-state index < -0.39 is 0 Å². The van der Waals surface area contributed by atoms with E-state index >= 15 is 0 Å². The molecule has 5 nitrogen and oxygen atoms in total. The molecule has 3 heterocycles. The van der Waals surface area contributed by atoms with Crippen molar-refractivity contribution in [2.75, 3.05) is 32.8 Å². The SMILES string of the molecule is OCC1CCC2(c3ncccn3)CNCCN2C1. The number of rotatable bonds is 2. The quantitative estimate of drug-likeness (QED) is 0.770. The second-order valence-corrected chi connectivity index (χ2v) is 5.31. The number of nitrogens with zero attached hydrogens (tertiary/aromatic N) is 3. The second-order valence-electron chi connectivity index (χ2n) is 5.31. The van der Waals surface area contributed by atoms with Gasteiger partial charge in [0.05, 0.1) is 5.54 Å². The zero-order valence-electron chi connectivity index (χ0n) is 10.5. The molecule has 2 aliphatic heterocycles. The first-order chi connectivity index (χ1) is 8.85. The molecule has 2 fully saturated rings. The summed E-state index contributed by atoms with van der Waals surface area (Å²) in [4.78, 5) is 11.4. The number of piperidine rings is 1. The van der Waals surface area contributed by atoms with Crippen LogP contribution in [-0.4, -0.2) is 52.8 Å². The highest BCUT2D eigenvalue weighted by Crippen LogP contribution is 2.38. The molecule has 1 aromatic rings. The maximum atomic E-state index is 9.36. The molecule has 2 atom stereocenters. The highest BCUT2D eigenvalue weighted by molar-refractivity contribution is 5.12. The monoisotopic (exact) mass is 248 g/mol. The van der Waals surface area contributed by atoms with Crippen molar-refractivity contribution in [3.8, 4) is 0 Å². The number of aromatic nitrogens is 2. The van der Waals surface area contributed by atoms with Gasteiger partial charge < -0.3 is 10.4 Å². The molecule has 2 N–H and O–H groups in total. The van der Waals surface area contributed by atoms with E-state index in [1.807, 2.05) is 18.5 Å². The van der Waals surface area contributed by atoms with Crippen LogP contribution in [0.3, 0.4) is 0 Å². The lowest BCUT2D eigenvalue weighted by Crippen LogP contribution is -2.63. The summed E-state index contributed by atoms with van der Waals surface area (Å²) in [5, 5.41) is 12.8. The van der Waals surface area contributed by atoms with Crippen LogP contribution in [0.4, 0.5) is 0 Å². The average Bonchev–Trinajstić information content (AvgIpc) is 2.47. The van der Waals surface area contributed by atoms with Gasteiger partial charge in [0.2, 0.25) is 0 Å². The summed E-state index contributed by atoms with van der Waals surface area (Å²) in [6.07, 6.45) is 5.71. The molecule has 18 heavy (non-hydrogen) atoms. The summed E-state index contributed by atoms with van der Waals surface area (Å²) >= 11 is 0. The maximum Gasteiger partial charge on any atom is 0.149 e. The molecule has 98 valence electrons. The van der Waals surface area contributed by atoms with Crippen LogP contribution in [0.2, 0.25) is 0 Å². The van der Waals surface area contributed by atoms with E-state index in [9.17, 15) is 5.11 Å². The Labute approximate surface area is 107 Å². The largest absolute Gasteiger partial charge is 0.396 e. The minimum absolute atomic E-state index is 0.0643. The molecule has 2 aliphatic rings. The van der Waals surface area contributed by atoms with Crippen LogP contribution >= 0.6 is 0 Å². The molecule has 0 bridgehead atoms. The van der Waals surface area contributed by atoms with Crippen LogP contribution in [-0.2, 0) is 5.54 Å². The van der Waals surface area contributed by atoms with Gasteiger partial charge >= 0.3 is 0 Å². The summed E-state index contributed by atoms with van der Waals surface area (Å²) in [5.74, 6) is 1.33. The Bertz CT molecular complexity index is 399. The Morgan fingerprint density at radius 1 is 1.44 bits per heavy atom. The Kier molecular flexibility index (Phi) is 3.28. The first-order valence-electron chi connectivity index (χ1n) is 6.69. The van der Waals surface area contributed by atoms with E-state index in [1.165, 1.54) is 0 Å². The van der Waals surface area contributed by atoms with Gasteiger partial charge in [0, 0.05) is 45.2 Å². The minimum atomic E-state index is -0.0643. The predicted octanol–water partition coefficient (Wildman–Crippen LogP) is -0.0206. The molecule has 2 saturated heterocycles. The number of hydrogen-bond acceptors (Lipinski definition) is 5. The Morgan fingerprint density at radius 2 is 2.28 bits per heavy atom. The van der Waals surface area contributed by atoms with E-state index in [1.54, 1.807) is 0 Å². The lowest BCUT2D eigenvalue weighted by atomic mass is 9.80. The Balaban J connectivity index is 1.91. The fourth-order valence-electron chi connectivity index (χ4n) is 3.21. The van der Waals surface area contributed by atoms with Gasteiger partial charge in [-0.1, -0.05) is 0 Å². The van der Waals surface area contributed by atoms with Gasteiger partial charge in [0.25, 0.3) is 0 Å².